The molecule has 114 valence electrons. The fourth-order valence-corrected chi connectivity index (χ4v) is 4.27. The van der Waals surface area contributed by atoms with Crippen molar-refractivity contribution in [3.8, 4) is 10.7 Å². The van der Waals surface area contributed by atoms with Crippen LogP contribution in [0.4, 0.5) is 0 Å². The molecule has 4 aromatic rings. The van der Waals surface area contributed by atoms with E-state index in [0.717, 1.165) is 25.8 Å². The van der Waals surface area contributed by atoms with Gasteiger partial charge in [-0.05, 0) is 23.8 Å². The summed E-state index contributed by atoms with van der Waals surface area (Å²) in [6.07, 6.45) is 0. The van der Waals surface area contributed by atoms with Crippen molar-refractivity contribution in [1.29, 1.82) is 0 Å². The third-order valence-electron chi connectivity index (χ3n) is 3.68. The molecule has 4 rings (SSSR count). The van der Waals surface area contributed by atoms with E-state index in [2.05, 4.69) is 28.4 Å². The van der Waals surface area contributed by atoms with Gasteiger partial charge >= 0.3 is 0 Å². The van der Waals surface area contributed by atoms with E-state index in [0.29, 0.717) is 11.3 Å². The minimum Gasteiger partial charge on any atom is -0.295 e. The molecule has 0 aliphatic carbocycles. The highest BCUT2D eigenvalue weighted by Gasteiger charge is 2.17. The minimum absolute atomic E-state index is 0.595. The highest BCUT2D eigenvalue weighted by atomic mass is 35.5. The highest BCUT2D eigenvalue weighted by Crippen LogP contribution is 2.41. The zero-order valence-corrected chi connectivity index (χ0v) is 14.4. The molecule has 0 aliphatic heterocycles. The Morgan fingerprint density at radius 2 is 1.83 bits per heavy atom. The first-order valence-electron chi connectivity index (χ1n) is 7.10. The van der Waals surface area contributed by atoms with Crippen LogP contribution in [0.3, 0.4) is 0 Å². The molecule has 0 aliphatic rings. The molecule has 2 aromatic heterocycles. The van der Waals surface area contributed by atoms with Gasteiger partial charge in [0.05, 0.1) is 16.4 Å². The Bertz CT molecular complexity index is 1030. The molecule has 2 aromatic carbocycles. The topological polar surface area (TPSA) is 33.6 Å². The number of H-pyrrole nitrogens is 1. The molecule has 0 fully saturated rings. The number of aromatic nitrogens is 3. The first-order valence-corrected chi connectivity index (χ1v) is 8.71. The molecule has 0 radical (unpaired) electrons. The van der Waals surface area contributed by atoms with Crippen molar-refractivity contribution in [2.24, 2.45) is 0 Å². The van der Waals surface area contributed by atoms with Gasteiger partial charge in [-0.25, -0.2) is 0 Å². The molecule has 1 N–H and O–H groups in total. The number of rotatable bonds is 3. The van der Waals surface area contributed by atoms with E-state index in [1.165, 1.54) is 5.56 Å². The summed E-state index contributed by atoms with van der Waals surface area (Å²) in [5, 5.41) is 9.08. The molecule has 2 heterocycles. The van der Waals surface area contributed by atoms with E-state index in [1.807, 2.05) is 41.0 Å². The number of fused-ring (bicyclic) bond motifs is 1. The lowest BCUT2D eigenvalue weighted by molar-refractivity contribution is 0.792. The summed E-state index contributed by atoms with van der Waals surface area (Å²) in [5.41, 5.74) is 1.17. The molecule has 23 heavy (non-hydrogen) atoms. The van der Waals surface area contributed by atoms with E-state index in [1.54, 1.807) is 11.3 Å². The van der Waals surface area contributed by atoms with Gasteiger partial charge in [-0.1, -0.05) is 60.1 Å². The van der Waals surface area contributed by atoms with Gasteiger partial charge in [0.15, 0.2) is 10.6 Å². The summed E-state index contributed by atoms with van der Waals surface area (Å²) in [4.78, 5) is 0.941. The van der Waals surface area contributed by atoms with Crippen molar-refractivity contribution in [1.82, 2.24) is 14.8 Å². The second-order valence-corrected chi connectivity index (χ2v) is 6.98. The average molecular weight is 358 g/mol. The Hall–Kier alpha value is -1.95. The Morgan fingerprint density at radius 3 is 2.61 bits per heavy atom. The Morgan fingerprint density at radius 1 is 1.09 bits per heavy atom. The standard InChI is InChI=1S/C17H12ClN3S2/c18-14-12-8-4-5-9-13(12)23-15(14)16-19-20-17(22)21(16)10-11-6-2-1-3-7-11/h1-9H,10H2,(H,20,22). The minimum atomic E-state index is 0.595. The normalized spacial score (nSPS) is 11.2. The van der Waals surface area contributed by atoms with Gasteiger partial charge in [0.1, 0.15) is 0 Å². The summed E-state index contributed by atoms with van der Waals surface area (Å²) in [6, 6.07) is 18.3. The van der Waals surface area contributed by atoms with Crippen LogP contribution >= 0.6 is 35.2 Å². The first-order chi connectivity index (χ1) is 11.2. The third kappa shape index (κ3) is 2.61. The molecular weight excluding hydrogens is 346 g/mol. The van der Waals surface area contributed by atoms with Crippen LogP contribution in [0.15, 0.2) is 54.6 Å². The molecule has 3 nitrogen and oxygen atoms in total. The fourth-order valence-electron chi connectivity index (χ4n) is 2.56. The largest absolute Gasteiger partial charge is 0.295 e. The molecule has 0 unspecified atom stereocenters. The van der Waals surface area contributed by atoms with E-state index in [4.69, 9.17) is 23.8 Å². The number of thiophene rings is 1. The van der Waals surface area contributed by atoms with Crippen LogP contribution in [0.2, 0.25) is 5.02 Å². The van der Waals surface area contributed by atoms with Crippen LogP contribution in [0.5, 0.6) is 0 Å². The van der Waals surface area contributed by atoms with Gasteiger partial charge in [-0.15, -0.1) is 11.3 Å². The maximum absolute atomic E-state index is 6.59. The zero-order chi connectivity index (χ0) is 15.8. The number of nitrogens with one attached hydrogen (secondary N) is 1. The lowest BCUT2D eigenvalue weighted by Crippen LogP contribution is -2.01. The average Bonchev–Trinajstić information content (AvgIpc) is 3.10. The molecule has 0 amide bonds. The number of nitrogens with zero attached hydrogens (tertiary/aromatic N) is 2. The summed E-state index contributed by atoms with van der Waals surface area (Å²) in [5.74, 6) is 0.782. The predicted molar refractivity (Wildman–Crippen MR) is 98.8 cm³/mol. The molecule has 0 spiro atoms. The zero-order valence-electron chi connectivity index (χ0n) is 12.0. The lowest BCUT2D eigenvalue weighted by Gasteiger charge is -2.06. The Balaban J connectivity index is 1.86. The van der Waals surface area contributed by atoms with Crippen molar-refractivity contribution in [2.45, 2.75) is 6.54 Å². The maximum atomic E-state index is 6.59. The number of hydrogen-bond donors (Lipinski definition) is 1. The Labute approximate surface area is 147 Å². The summed E-state index contributed by atoms with van der Waals surface area (Å²) < 4.78 is 3.73. The Kier molecular flexibility index (Phi) is 3.77. The highest BCUT2D eigenvalue weighted by molar-refractivity contribution is 7.71. The smallest absolute Gasteiger partial charge is 0.195 e. The predicted octanol–water partition coefficient (Wildman–Crippen LogP) is 5.52. The molecule has 6 heteroatoms. The third-order valence-corrected chi connectivity index (χ3v) is 5.66. The first kappa shape index (κ1) is 14.6. The van der Waals surface area contributed by atoms with Crippen LogP contribution in [-0.2, 0) is 6.54 Å². The van der Waals surface area contributed by atoms with E-state index in [9.17, 15) is 0 Å². The van der Waals surface area contributed by atoms with Crippen molar-refractivity contribution in [3.05, 3.63) is 70.0 Å². The molecule has 0 saturated carbocycles. The van der Waals surface area contributed by atoms with Crippen molar-refractivity contribution in [2.75, 3.05) is 0 Å². The maximum Gasteiger partial charge on any atom is 0.195 e. The van der Waals surface area contributed by atoms with Crippen molar-refractivity contribution < 1.29 is 0 Å². The van der Waals surface area contributed by atoms with E-state index < -0.39 is 0 Å². The van der Waals surface area contributed by atoms with Crippen molar-refractivity contribution in [3.63, 3.8) is 0 Å². The fraction of sp³-hybridized carbons (Fsp3) is 0.0588. The van der Waals surface area contributed by atoms with Gasteiger partial charge in [-0.2, -0.15) is 5.10 Å². The monoisotopic (exact) mass is 357 g/mol. The quantitative estimate of drug-likeness (QED) is 0.489. The number of aromatic amines is 1. The van der Waals surface area contributed by atoms with E-state index >= 15 is 0 Å². The summed E-state index contributed by atoms with van der Waals surface area (Å²) in [6.45, 7) is 0.663. The van der Waals surface area contributed by atoms with Gasteiger partial charge in [0.25, 0.3) is 0 Å². The molecule has 0 saturated heterocycles. The lowest BCUT2D eigenvalue weighted by atomic mass is 10.2. The SMILES string of the molecule is S=c1[nH]nc(-c2sc3ccccc3c2Cl)n1Cc1ccccc1. The summed E-state index contributed by atoms with van der Waals surface area (Å²) in [7, 11) is 0. The van der Waals surface area contributed by atoms with E-state index in [-0.39, 0.29) is 0 Å². The van der Waals surface area contributed by atoms with Crippen LogP contribution in [0.25, 0.3) is 20.8 Å². The van der Waals surface area contributed by atoms with Crippen LogP contribution in [0.1, 0.15) is 5.56 Å². The summed E-state index contributed by atoms with van der Waals surface area (Å²) >= 11 is 13.6. The number of halogens is 1. The van der Waals surface area contributed by atoms with Gasteiger partial charge < -0.3 is 0 Å². The molecule has 0 bridgehead atoms. The van der Waals surface area contributed by atoms with Crippen LogP contribution in [0, 0.1) is 4.77 Å². The molecule has 0 atom stereocenters. The van der Waals surface area contributed by atoms with Gasteiger partial charge in [0.2, 0.25) is 0 Å². The number of benzene rings is 2. The second-order valence-electron chi connectivity index (χ2n) is 5.17. The van der Waals surface area contributed by atoms with Crippen molar-refractivity contribution >= 4 is 45.2 Å². The van der Waals surface area contributed by atoms with Crippen LogP contribution < -0.4 is 0 Å². The second kappa shape index (κ2) is 5.92. The molecular formula is C17H12ClN3S2. The van der Waals surface area contributed by atoms with Gasteiger partial charge in [0, 0.05) is 10.1 Å². The van der Waals surface area contributed by atoms with Crippen LogP contribution in [-0.4, -0.2) is 14.8 Å². The van der Waals surface area contributed by atoms with Gasteiger partial charge in [-0.3, -0.25) is 9.67 Å². The number of hydrogen-bond acceptors (Lipinski definition) is 3.